The zero-order chi connectivity index (χ0) is 26.5. The van der Waals surface area contributed by atoms with E-state index in [9.17, 15) is 9.59 Å². The van der Waals surface area contributed by atoms with E-state index in [1.54, 1.807) is 12.1 Å². The monoisotopic (exact) mass is 528 g/mol. The molecule has 0 radical (unpaired) electrons. The second-order valence-corrected chi connectivity index (χ2v) is 12.5. The molecule has 38 heavy (non-hydrogen) atoms. The number of amides is 2. The number of carbonyl (C=O) groups excluding carboxylic acids is 2. The van der Waals surface area contributed by atoms with Crippen molar-refractivity contribution in [3.05, 3.63) is 35.4 Å². The van der Waals surface area contributed by atoms with Crippen LogP contribution in [0.5, 0.6) is 0 Å². The van der Waals surface area contributed by atoms with Gasteiger partial charge in [-0.15, -0.1) is 0 Å². The van der Waals surface area contributed by atoms with Crippen LogP contribution in [-0.2, 0) is 33.9 Å². The SMILES string of the molecule is CC(C)(C)c1ccc(C(=O)NNC(=O)[C@@H]2O[C@@H]3OC4(CCCCC4)O[C@@H]3[C@H]3OC4(CCCCC4)O[C@@H]32)cc1. The number of ether oxygens (including phenoxy) is 5. The van der Waals surface area contributed by atoms with E-state index in [1.807, 2.05) is 12.1 Å². The largest absolute Gasteiger partial charge is 0.341 e. The molecule has 2 N–H and O–H groups in total. The molecule has 5 aliphatic rings. The van der Waals surface area contributed by atoms with Gasteiger partial charge in [-0.25, -0.2) is 0 Å². The van der Waals surface area contributed by atoms with E-state index < -0.39 is 54.1 Å². The Balaban J connectivity index is 1.16. The summed E-state index contributed by atoms with van der Waals surface area (Å²) in [5.74, 6) is -2.32. The zero-order valence-electron chi connectivity index (χ0n) is 22.6. The molecule has 3 heterocycles. The lowest BCUT2D eigenvalue weighted by molar-refractivity contribution is -0.247. The number of nitrogens with one attached hydrogen (secondary N) is 2. The maximum atomic E-state index is 13.4. The van der Waals surface area contributed by atoms with Crippen molar-refractivity contribution in [2.45, 2.75) is 133 Å². The molecule has 9 heteroatoms. The molecule has 2 spiro atoms. The van der Waals surface area contributed by atoms with Crippen LogP contribution in [0.25, 0.3) is 0 Å². The Bertz CT molecular complexity index is 1040. The number of benzene rings is 1. The van der Waals surface area contributed by atoms with Crippen LogP contribution in [0.4, 0.5) is 0 Å². The van der Waals surface area contributed by atoms with Crippen molar-refractivity contribution in [2.24, 2.45) is 0 Å². The molecule has 5 atom stereocenters. The standard InChI is InChI=1S/C29H40N2O7/c1-27(2,3)19-12-10-18(11-13-19)24(32)30-31-25(33)22-20-21(36-28(35-20)14-6-4-7-15-28)23-26(34-22)38-29(37-23)16-8-5-9-17-29/h10-13,20-23,26H,4-9,14-17H2,1-3H3,(H,30,32)(H,31,33)/t20-,21-,22+,23+,26+/m0/s1. The number of rotatable bonds is 2. The van der Waals surface area contributed by atoms with Gasteiger partial charge in [0.25, 0.3) is 11.8 Å². The molecule has 0 aromatic heterocycles. The summed E-state index contributed by atoms with van der Waals surface area (Å²) in [6.07, 6.45) is 6.20. The third-order valence-electron chi connectivity index (χ3n) is 8.68. The van der Waals surface area contributed by atoms with Crippen molar-refractivity contribution in [3.63, 3.8) is 0 Å². The van der Waals surface area contributed by atoms with Gasteiger partial charge in [-0.1, -0.05) is 45.7 Å². The van der Waals surface area contributed by atoms with Gasteiger partial charge in [0.05, 0.1) is 0 Å². The normalized spacial score (nSPS) is 33.5. The van der Waals surface area contributed by atoms with Crippen LogP contribution in [0.1, 0.15) is 101 Å². The Kier molecular flexibility index (Phi) is 6.79. The third kappa shape index (κ3) is 4.88. The lowest BCUT2D eigenvalue weighted by Gasteiger charge is -2.36. The fourth-order valence-electron chi connectivity index (χ4n) is 6.55. The first-order valence-electron chi connectivity index (χ1n) is 14.2. The minimum Gasteiger partial charge on any atom is -0.341 e. The van der Waals surface area contributed by atoms with Gasteiger partial charge in [-0.3, -0.25) is 20.4 Å². The molecule has 1 aromatic rings. The van der Waals surface area contributed by atoms with E-state index in [1.165, 1.54) is 0 Å². The molecular formula is C29H40N2O7. The van der Waals surface area contributed by atoms with Crippen molar-refractivity contribution in [1.82, 2.24) is 10.9 Å². The molecule has 2 amide bonds. The number of carbonyl (C=O) groups is 2. The summed E-state index contributed by atoms with van der Waals surface area (Å²) in [5, 5.41) is 0. The van der Waals surface area contributed by atoms with E-state index in [4.69, 9.17) is 23.7 Å². The van der Waals surface area contributed by atoms with E-state index >= 15 is 0 Å². The molecule has 208 valence electrons. The second-order valence-electron chi connectivity index (χ2n) is 12.5. The van der Waals surface area contributed by atoms with Crippen LogP contribution >= 0.6 is 0 Å². The maximum Gasteiger partial charge on any atom is 0.270 e. The highest BCUT2D eigenvalue weighted by Crippen LogP contribution is 2.50. The Morgan fingerprint density at radius 2 is 1.29 bits per heavy atom. The van der Waals surface area contributed by atoms with Gasteiger partial charge >= 0.3 is 0 Å². The average Bonchev–Trinajstić information content (AvgIpc) is 3.44. The van der Waals surface area contributed by atoms with Crippen molar-refractivity contribution in [1.29, 1.82) is 0 Å². The first kappa shape index (κ1) is 26.2. The topological polar surface area (TPSA) is 104 Å². The summed E-state index contributed by atoms with van der Waals surface area (Å²) in [6.45, 7) is 6.35. The molecule has 3 saturated heterocycles. The Morgan fingerprint density at radius 3 is 1.89 bits per heavy atom. The second kappa shape index (κ2) is 9.86. The van der Waals surface area contributed by atoms with Crippen molar-refractivity contribution >= 4 is 11.8 Å². The van der Waals surface area contributed by atoms with Gasteiger partial charge in [0, 0.05) is 31.2 Å². The van der Waals surface area contributed by atoms with Gasteiger partial charge in [0.15, 0.2) is 24.0 Å². The fourth-order valence-corrected chi connectivity index (χ4v) is 6.55. The maximum absolute atomic E-state index is 13.4. The zero-order valence-corrected chi connectivity index (χ0v) is 22.6. The molecule has 2 aliphatic carbocycles. The van der Waals surface area contributed by atoms with Gasteiger partial charge in [-0.2, -0.15) is 0 Å². The summed E-state index contributed by atoms with van der Waals surface area (Å²) in [6, 6.07) is 7.37. The Morgan fingerprint density at radius 1 is 0.737 bits per heavy atom. The smallest absolute Gasteiger partial charge is 0.270 e. The minimum atomic E-state index is -1.01. The summed E-state index contributed by atoms with van der Waals surface area (Å²) < 4.78 is 32.1. The number of hydrogen-bond donors (Lipinski definition) is 2. The molecule has 2 saturated carbocycles. The van der Waals surface area contributed by atoms with E-state index in [-0.39, 0.29) is 5.41 Å². The molecule has 1 aromatic carbocycles. The Hall–Kier alpha value is -2.04. The lowest BCUT2D eigenvalue weighted by Crippen LogP contribution is -2.61. The lowest BCUT2D eigenvalue weighted by atomic mass is 9.87. The van der Waals surface area contributed by atoms with Crippen LogP contribution in [0.3, 0.4) is 0 Å². The first-order chi connectivity index (χ1) is 18.2. The highest BCUT2D eigenvalue weighted by Gasteiger charge is 2.65. The molecular weight excluding hydrogens is 488 g/mol. The quantitative estimate of drug-likeness (QED) is 0.560. The fraction of sp³-hybridized carbons (Fsp3) is 0.724. The van der Waals surface area contributed by atoms with E-state index in [2.05, 4.69) is 31.6 Å². The van der Waals surface area contributed by atoms with E-state index in [0.29, 0.717) is 5.56 Å². The summed E-state index contributed by atoms with van der Waals surface area (Å²) in [4.78, 5) is 26.2. The van der Waals surface area contributed by atoms with Crippen LogP contribution in [0.2, 0.25) is 0 Å². The predicted octanol–water partition coefficient (Wildman–Crippen LogP) is 3.99. The predicted molar refractivity (Wildman–Crippen MR) is 137 cm³/mol. The van der Waals surface area contributed by atoms with Gasteiger partial charge in [0.1, 0.15) is 18.3 Å². The minimum absolute atomic E-state index is 0.0166. The van der Waals surface area contributed by atoms with Crippen LogP contribution in [0, 0.1) is 0 Å². The highest BCUT2D eigenvalue weighted by molar-refractivity contribution is 5.95. The first-order valence-corrected chi connectivity index (χ1v) is 14.2. The van der Waals surface area contributed by atoms with Gasteiger partial charge < -0.3 is 23.7 Å². The van der Waals surface area contributed by atoms with Crippen molar-refractivity contribution in [2.75, 3.05) is 0 Å². The Labute approximate surface area is 224 Å². The van der Waals surface area contributed by atoms with Crippen molar-refractivity contribution < 1.29 is 33.3 Å². The van der Waals surface area contributed by atoms with Crippen LogP contribution in [-0.4, -0.2) is 54.1 Å². The average molecular weight is 529 g/mol. The highest BCUT2D eigenvalue weighted by atomic mass is 16.9. The van der Waals surface area contributed by atoms with Crippen LogP contribution < -0.4 is 10.9 Å². The molecule has 6 rings (SSSR count). The van der Waals surface area contributed by atoms with E-state index in [0.717, 1.165) is 69.8 Å². The molecule has 9 nitrogen and oxygen atoms in total. The third-order valence-corrected chi connectivity index (χ3v) is 8.68. The molecule has 5 fully saturated rings. The summed E-state index contributed by atoms with van der Waals surface area (Å²) in [7, 11) is 0. The summed E-state index contributed by atoms with van der Waals surface area (Å²) in [5.41, 5.74) is 6.65. The van der Waals surface area contributed by atoms with Gasteiger partial charge in [-0.05, 0) is 48.8 Å². The van der Waals surface area contributed by atoms with Crippen molar-refractivity contribution in [3.8, 4) is 0 Å². The molecule has 0 unspecified atom stereocenters. The number of fused-ring (bicyclic) bond motifs is 3. The van der Waals surface area contributed by atoms with Gasteiger partial charge in [0.2, 0.25) is 0 Å². The number of hydrogen-bond acceptors (Lipinski definition) is 7. The summed E-state index contributed by atoms with van der Waals surface area (Å²) >= 11 is 0. The molecule has 3 aliphatic heterocycles. The molecule has 0 bridgehead atoms. The number of hydrazine groups is 1. The van der Waals surface area contributed by atoms with Crippen LogP contribution in [0.15, 0.2) is 24.3 Å².